The van der Waals surface area contributed by atoms with E-state index < -0.39 is 41.1 Å². The predicted molar refractivity (Wildman–Crippen MR) is 118 cm³/mol. The van der Waals surface area contributed by atoms with Crippen molar-refractivity contribution in [1.82, 2.24) is 19.9 Å². The second kappa shape index (κ2) is 7.70. The van der Waals surface area contributed by atoms with Crippen LogP contribution in [0.5, 0.6) is 0 Å². The van der Waals surface area contributed by atoms with E-state index in [9.17, 15) is 23.1 Å². The Bertz CT molecular complexity index is 1400. The van der Waals surface area contributed by atoms with Crippen molar-refractivity contribution >= 4 is 16.9 Å². The fraction of sp³-hybridized carbons (Fsp3) is 0.375. The molecule has 0 fully saturated rings. The summed E-state index contributed by atoms with van der Waals surface area (Å²) in [5.41, 5.74) is 0.423. The van der Waals surface area contributed by atoms with E-state index in [1.54, 1.807) is 6.07 Å². The van der Waals surface area contributed by atoms with E-state index in [2.05, 4.69) is 15.0 Å². The van der Waals surface area contributed by atoms with Crippen LogP contribution in [-0.4, -0.2) is 37.4 Å². The van der Waals surface area contributed by atoms with Crippen LogP contribution in [0.4, 0.5) is 13.2 Å². The third-order valence-electron chi connectivity index (χ3n) is 6.19. The zero-order valence-corrected chi connectivity index (χ0v) is 19.4. The molecule has 2 N–H and O–H groups in total. The molecule has 0 aliphatic carbocycles. The monoisotopic (exact) mass is 488 g/mol. The molecule has 3 aromatic heterocycles. The van der Waals surface area contributed by atoms with E-state index in [0.29, 0.717) is 23.5 Å². The molecule has 4 aromatic rings. The molecule has 0 unspecified atom stereocenters. The molecule has 0 radical (unpaired) electrons. The van der Waals surface area contributed by atoms with Gasteiger partial charge in [0.15, 0.2) is 5.69 Å². The van der Waals surface area contributed by atoms with Crippen molar-refractivity contribution in [2.45, 2.75) is 51.9 Å². The number of alkyl halides is 3. The zero-order chi connectivity index (χ0) is 25.3. The van der Waals surface area contributed by atoms with Gasteiger partial charge in [-0.15, -0.1) is 0 Å². The lowest BCUT2D eigenvalue weighted by molar-refractivity contribution is -0.141. The van der Waals surface area contributed by atoms with Crippen LogP contribution in [0.25, 0.3) is 11.0 Å². The molecule has 1 aliphatic rings. The molecule has 1 amide bonds. The molecule has 1 aromatic carbocycles. The number of rotatable bonds is 3. The Balaban J connectivity index is 1.66. The number of aromatic nitrogens is 3. The Labute approximate surface area is 197 Å². The maximum Gasteiger partial charge on any atom is 0.437 e. The summed E-state index contributed by atoms with van der Waals surface area (Å²) < 4.78 is 52.8. The normalized spacial score (nSPS) is 16.7. The van der Waals surface area contributed by atoms with Gasteiger partial charge in [-0.25, -0.2) is 9.97 Å². The third-order valence-corrected chi connectivity index (χ3v) is 6.19. The lowest BCUT2D eigenvalue weighted by atomic mass is 9.99. The highest BCUT2D eigenvalue weighted by Crippen LogP contribution is 2.40. The van der Waals surface area contributed by atoms with Crippen molar-refractivity contribution in [3.8, 4) is 0 Å². The van der Waals surface area contributed by atoms with E-state index >= 15 is 0 Å². The van der Waals surface area contributed by atoms with Crippen molar-refractivity contribution in [3.63, 3.8) is 0 Å². The third kappa shape index (κ3) is 3.79. The number of carbonyl (C=O) groups excluding carboxylic acids is 1. The van der Waals surface area contributed by atoms with Gasteiger partial charge >= 0.3 is 6.18 Å². The second-order valence-corrected chi connectivity index (χ2v) is 9.26. The Morgan fingerprint density at radius 1 is 1.20 bits per heavy atom. The number of aromatic amines is 1. The summed E-state index contributed by atoms with van der Waals surface area (Å²) >= 11 is 0. The van der Waals surface area contributed by atoms with Crippen LogP contribution in [0, 0.1) is 13.8 Å². The lowest BCUT2D eigenvalue weighted by Gasteiger charge is -2.33. The summed E-state index contributed by atoms with van der Waals surface area (Å²) in [6.45, 7) is 6.36. The molecule has 0 bridgehead atoms. The number of aliphatic hydroxyl groups is 1. The summed E-state index contributed by atoms with van der Waals surface area (Å²) in [5, 5.41) is 11.0. The highest BCUT2D eigenvalue weighted by molar-refractivity contribution is 5.93. The summed E-state index contributed by atoms with van der Waals surface area (Å²) in [5.74, 6) is -2.23. The number of oxazole rings is 1. The Hall–Kier alpha value is -3.60. The summed E-state index contributed by atoms with van der Waals surface area (Å²) in [7, 11) is 0. The molecule has 4 heterocycles. The first-order valence-electron chi connectivity index (χ1n) is 11.0. The highest BCUT2D eigenvalue weighted by Gasteiger charge is 2.46. The molecular weight excluding hydrogens is 465 g/mol. The quantitative estimate of drug-likeness (QED) is 0.429. The number of furan rings is 1. The van der Waals surface area contributed by atoms with Gasteiger partial charge in [0.1, 0.15) is 23.0 Å². The summed E-state index contributed by atoms with van der Waals surface area (Å²) in [6.07, 6.45) is -3.13. The number of nitrogens with one attached hydrogen (secondary N) is 1. The molecule has 1 aliphatic heterocycles. The minimum absolute atomic E-state index is 0.0869. The number of fused-ring (bicyclic) bond motifs is 2. The molecule has 35 heavy (non-hydrogen) atoms. The maximum atomic E-state index is 13.8. The number of imidazole rings is 1. The lowest BCUT2D eigenvalue weighted by Crippen LogP contribution is -2.41. The topological polar surface area (TPSA) is 108 Å². The van der Waals surface area contributed by atoms with Crippen LogP contribution in [0.3, 0.4) is 0 Å². The van der Waals surface area contributed by atoms with Gasteiger partial charge in [-0.2, -0.15) is 13.2 Å². The fourth-order valence-corrected chi connectivity index (χ4v) is 4.38. The van der Waals surface area contributed by atoms with Gasteiger partial charge in [0.2, 0.25) is 11.7 Å². The number of aryl methyl sites for hydroxylation is 2. The molecule has 0 saturated heterocycles. The van der Waals surface area contributed by atoms with Crippen molar-refractivity contribution in [2.75, 3.05) is 6.54 Å². The van der Waals surface area contributed by atoms with E-state index in [1.807, 2.05) is 26.0 Å². The van der Waals surface area contributed by atoms with Crippen LogP contribution in [0.2, 0.25) is 0 Å². The Kier molecular flexibility index (Phi) is 5.10. The number of halogens is 3. The van der Waals surface area contributed by atoms with Crippen molar-refractivity contribution in [3.05, 3.63) is 70.1 Å². The molecule has 1 atom stereocenters. The van der Waals surface area contributed by atoms with Crippen molar-refractivity contribution in [1.29, 1.82) is 0 Å². The van der Waals surface area contributed by atoms with Crippen LogP contribution < -0.4 is 0 Å². The SMILES string of the molecule is Cc1ccc(C)c2oc([C@@H]3c4nc[nH]c4CCN3C(=O)c3oc(C(C)(C)O)nc3C(F)(F)F)cc12. The predicted octanol–water partition coefficient (Wildman–Crippen LogP) is 4.79. The largest absolute Gasteiger partial charge is 0.458 e. The molecule has 184 valence electrons. The van der Waals surface area contributed by atoms with Gasteiger partial charge in [-0.1, -0.05) is 12.1 Å². The number of hydrogen-bond acceptors (Lipinski definition) is 6. The van der Waals surface area contributed by atoms with Crippen LogP contribution in [0.15, 0.2) is 33.4 Å². The first-order chi connectivity index (χ1) is 16.4. The fourth-order valence-electron chi connectivity index (χ4n) is 4.38. The Morgan fingerprint density at radius 3 is 2.57 bits per heavy atom. The zero-order valence-electron chi connectivity index (χ0n) is 19.4. The molecule has 8 nitrogen and oxygen atoms in total. The van der Waals surface area contributed by atoms with Crippen molar-refractivity contribution < 1.29 is 31.9 Å². The van der Waals surface area contributed by atoms with Crippen LogP contribution in [-0.2, 0) is 18.2 Å². The Morgan fingerprint density at radius 2 is 1.91 bits per heavy atom. The molecule has 11 heteroatoms. The highest BCUT2D eigenvalue weighted by atomic mass is 19.4. The summed E-state index contributed by atoms with van der Waals surface area (Å²) in [4.78, 5) is 25.7. The molecule has 0 saturated carbocycles. The minimum atomic E-state index is -4.96. The summed E-state index contributed by atoms with van der Waals surface area (Å²) in [6, 6.07) is 4.76. The minimum Gasteiger partial charge on any atom is -0.458 e. The van der Waals surface area contributed by atoms with Gasteiger partial charge in [0.25, 0.3) is 5.91 Å². The molecule has 5 rings (SSSR count). The van der Waals surface area contributed by atoms with E-state index in [4.69, 9.17) is 8.83 Å². The number of nitrogens with zero attached hydrogens (tertiary/aromatic N) is 3. The standard InChI is InChI=1S/C24H23F3N4O4/c1-11-5-6-12(2)18-13(11)9-15(34-18)17-16-14(28-10-29-16)7-8-31(17)21(32)19-20(24(25,26)27)30-22(35-19)23(3,4)33/h5-6,9-10,17,33H,7-8H2,1-4H3,(H,28,29)/t17-/m1/s1. The van der Waals surface area contributed by atoms with Crippen LogP contribution >= 0.6 is 0 Å². The maximum absolute atomic E-state index is 13.8. The number of benzene rings is 1. The molecular formula is C24H23F3N4O4. The van der Waals surface area contributed by atoms with Gasteiger partial charge in [-0.3, -0.25) is 4.79 Å². The van der Waals surface area contributed by atoms with E-state index in [1.165, 1.54) is 25.1 Å². The number of H-pyrrole nitrogens is 1. The smallest absolute Gasteiger partial charge is 0.437 e. The van der Waals surface area contributed by atoms with Crippen LogP contribution in [0.1, 0.15) is 70.3 Å². The number of hydrogen-bond donors (Lipinski definition) is 2. The first-order valence-corrected chi connectivity index (χ1v) is 11.0. The number of amides is 1. The van der Waals surface area contributed by atoms with Gasteiger partial charge in [-0.05, 0) is 44.9 Å². The average Bonchev–Trinajstić information content (AvgIpc) is 3.51. The molecule has 0 spiro atoms. The van der Waals surface area contributed by atoms with Gasteiger partial charge in [0.05, 0.1) is 12.0 Å². The first kappa shape index (κ1) is 23.2. The van der Waals surface area contributed by atoms with Crippen molar-refractivity contribution in [2.24, 2.45) is 0 Å². The van der Waals surface area contributed by atoms with Gasteiger partial charge < -0.3 is 23.8 Å². The van der Waals surface area contributed by atoms with E-state index in [-0.39, 0.29) is 6.54 Å². The number of carbonyl (C=O) groups is 1. The van der Waals surface area contributed by atoms with E-state index in [0.717, 1.165) is 22.2 Å². The average molecular weight is 488 g/mol. The van der Waals surface area contributed by atoms with Gasteiger partial charge in [0, 0.05) is 24.0 Å². The second-order valence-electron chi connectivity index (χ2n) is 9.26.